The summed E-state index contributed by atoms with van der Waals surface area (Å²) < 4.78 is 7.51. The molecule has 0 spiro atoms. The van der Waals surface area contributed by atoms with Crippen LogP contribution in [-0.2, 0) is 11.2 Å². The zero-order valence-electron chi connectivity index (χ0n) is 12.1. The molecule has 0 radical (unpaired) electrons. The van der Waals surface area contributed by atoms with Crippen molar-refractivity contribution in [3.05, 3.63) is 48.4 Å². The maximum atomic E-state index is 9.78. The van der Waals surface area contributed by atoms with Crippen LogP contribution in [0.3, 0.4) is 0 Å². The number of nitrogens with zero attached hydrogens (tertiary/aromatic N) is 3. The van der Waals surface area contributed by atoms with E-state index in [-0.39, 0.29) is 5.75 Å². The van der Waals surface area contributed by atoms with Gasteiger partial charge < -0.3 is 9.84 Å². The summed E-state index contributed by atoms with van der Waals surface area (Å²) in [7, 11) is 0. The van der Waals surface area contributed by atoms with Crippen molar-refractivity contribution in [2.45, 2.75) is 12.8 Å². The lowest BCUT2D eigenvalue weighted by molar-refractivity contribution is 0.185. The summed E-state index contributed by atoms with van der Waals surface area (Å²) in [4.78, 5) is 9.22. The Morgan fingerprint density at radius 2 is 2.23 bits per heavy atom. The third-order valence-electron chi connectivity index (χ3n) is 4.07. The van der Waals surface area contributed by atoms with Crippen LogP contribution in [0.2, 0.25) is 0 Å². The van der Waals surface area contributed by atoms with E-state index in [0.29, 0.717) is 5.92 Å². The van der Waals surface area contributed by atoms with Crippen LogP contribution in [0.25, 0.3) is 16.9 Å². The largest absolute Gasteiger partial charge is 0.508 e. The quantitative estimate of drug-likeness (QED) is 0.807. The number of hydrogen-bond donors (Lipinski definition) is 1. The SMILES string of the molecule is Oc1cccc(-n2c(CC3CCOC3)nc3cccnc32)c1. The van der Waals surface area contributed by atoms with E-state index >= 15 is 0 Å². The van der Waals surface area contributed by atoms with E-state index in [1.165, 1.54) is 0 Å². The summed E-state index contributed by atoms with van der Waals surface area (Å²) >= 11 is 0. The Bertz CT molecular complexity index is 807. The van der Waals surface area contributed by atoms with Crippen LogP contribution in [0.1, 0.15) is 12.2 Å². The number of imidazole rings is 1. The van der Waals surface area contributed by atoms with E-state index in [4.69, 9.17) is 9.72 Å². The maximum Gasteiger partial charge on any atom is 0.164 e. The van der Waals surface area contributed by atoms with Crippen molar-refractivity contribution in [3.8, 4) is 11.4 Å². The lowest BCUT2D eigenvalue weighted by Gasteiger charge is -2.11. The van der Waals surface area contributed by atoms with Gasteiger partial charge in [0, 0.05) is 31.9 Å². The zero-order valence-corrected chi connectivity index (χ0v) is 12.1. The minimum atomic E-state index is 0.241. The molecule has 1 fully saturated rings. The lowest BCUT2D eigenvalue weighted by atomic mass is 10.0. The topological polar surface area (TPSA) is 60.2 Å². The molecule has 3 heterocycles. The lowest BCUT2D eigenvalue weighted by Crippen LogP contribution is -2.09. The molecule has 5 heteroatoms. The van der Waals surface area contributed by atoms with Gasteiger partial charge in [-0.3, -0.25) is 4.57 Å². The highest BCUT2D eigenvalue weighted by Crippen LogP contribution is 2.25. The van der Waals surface area contributed by atoms with Gasteiger partial charge in [-0.2, -0.15) is 0 Å². The fourth-order valence-corrected chi connectivity index (χ4v) is 3.00. The third-order valence-corrected chi connectivity index (χ3v) is 4.07. The molecule has 4 rings (SSSR count). The van der Waals surface area contributed by atoms with E-state index in [9.17, 15) is 5.11 Å². The number of fused-ring (bicyclic) bond motifs is 1. The van der Waals surface area contributed by atoms with Gasteiger partial charge >= 0.3 is 0 Å². The second-order valence-corrected chi connectivity index (χ2v) is 5.66. The summed E-state index contributed by atoms with van der Waals surface area (Å²) in [5.74, 6) is 1.70. The Morgan fingerprint density at radius 1 is 1.27 bits per heavy atom. The molecule has 1 aliphatic rings. The molecular weight excluding hydrogens is 278 g/mol. The number of ether oxygens (including phenoxy) is 1. The molecule has 0 bridgehead atoms. The van der Waals surface area contributed by atoms with Gasteiger partial charge in [0.15, 0.2) is 5.65 Å². The number of aromatic hydroxyl groups is 1. The van der Waals surface area contributed by atoms with Gasteiger partial charge in [-0.1, -0.05) is 6.07 Å². The van der Waals surface area contributed by atoms with Gasteiger partial charge in [0.1, 0.15) is 17.1 Å². The van der Waals surface area contributed by atoms with Crippen LogP contribution >= 0.6 is 0 Å². The average Bonchev–Trinajstić information content (AvgIpc) is 3.14. The predicted octanol–water partition coefficient (Wildman–Crippen LogP) is 2.71. The molecule has 0 saturated carbocycles. The molecule has 1 aromatic carbocycles. The maximum absolute atomic E-state index is 9.78. The van der Waals surface area contributed by atoms with Crippen molar-refractivity contribution in [3.63, 3.8) is 0 Å². The van der Waals surface area contributed by atoms with Crippen LogP contribution in [0, 0.1) is 5.92 Å². The molecule has 2 aromatic heterocycles. The van der Waals surface area contributed by atoms with Crippen molar-refractivity contribution < 1.29 is 9.84 Å². The number of pyridine rings is 1. The highest BCUT2D eigenvalue weighted by Gasteiger charge is 2.21. The number of aromatic nitrogens is 3. The molecule has 0 amide bonds. The molecule has 1 atom stereocenters. The summed E-state index contributed by atoms with van der Waals surface area (Å²) in [5, 5.41) is 9.78. The molecular formula is C17H17N3O2. The van der Waals surface area contributed by atoms with Gasteiger partial charge in [0.2, 0.25) is 0 Å². The number of phenolic OH excluding ortho intramolecular Hbond substituents is 1. The van der Waals surface area contributed by atoms with E-state index < -0.39 is 0 Å². The molecule has 1 unspecified atom stereocenters. The van der Waals surface area contributed by atoms with Gasteiger partial charge in [0.25, 0.3) is 0 Å². The summed E-state index contributed by atoms with van der Waals surface area (Å²) in [6.45, 7) is 1.62. The minimum absolute atomic E-state index is 0.241. The number of benzene rings is 1. The van der Waals surface area contributed by atoms with Crippen LogP contribution in [-0.4, -0.2) is 32.9 Å². The standard InChI is InChI=1S/C17H17N3O2/c21-14-4-1-3-13(10-14)20-16(9-12-6-8-22-11-12)19-15-5-2-7-18-17(15)20/h1-5,7,10,12,21H,6,8-9,11H2. The molecule has 3 aromatic rings. The zero-order chi connectivity index (χ0) is 14.9. The van der Waals surface area contributed by atoms with Gasteiger partial charge in [0.05, 0.1) is 5.69 Å². The van der Waals surface area contributed by atoms with Crippen molar-refractivity contribution in [2.75, 3.05) is 13.2 Å². The van der Waals surface area contributed by atoms with Crippen molar-refractivity contribution in [1.29, 1.82) is 0 Å². The third kappa shape index (κ3) is 2.33. The van der Waals surface area contributed by atoms with E-state index in [2.05, 4.69) is 4.98 Å². The Balaban J connectivity index is 1.85. The number of hydrogen-bond acceptors (Lipinski definition) is 4. The molecule has 5 nitrogen and oxygen atoms in total. The summed E-state index contributed by atoms with van der Waals surface area (Å²) in [6, 6.07) is 11.1. The van der Waals surface area contributed by atoms with E-state index in [1.54, 1.807) is 18.3 Å². The first kappa shape index (κ1) is 13.3. The Labute approximate surface area is 128 Å². The fourth-order valence-electron chi connectivity index (χ4n) is 3.00. The van der Waals surface area contributed by atoms with Crippen molar-refractivity contribution in [1.82, 2.24) is 14.5 Å². The highest BCUT2D eigenvalue weighted by molar-refractivity contribution is 5.74. The normalized spacial score (nSPS) is 18.1. The van der Waals surface area contributed by atoms with Crippen molar-refractivity contribution in [2.24, 2.45) is 5.92 Å². The minimum Gasteiger partial charge on any atom is -0.508 e. The number of rotatable bonds is 3. The molecule has 22 heavy (non-hydrogen) atoms. The van der Waals surface area contributed by atoms with Gasteiger partial charge in [-0.15, -0.1) is 0 Å². The number of phenols is 1. The first-order valence-corrected chi connectivity index (χ1v) is 7.51. The van der Waals surface area contributed by atoms with Crippen LogP contribution in [0.15, 0.2) is 42.6 Å². The summed E-state index contributed by atoms with van der Waals surface area (Å²) in [6.07, 6.45) is 3.69. The Hall–Kier alpha value is -2.40. The monoisotopic (exact) mass is 295 g/mol. The van der Waals surface area contributed by atoms with Crippen LogP contribution in [0.5, 0.6) is 5.75 Å². The second-order valence-electron chi connectivity index (χ2n) is 5.66. The van der Waals surface area contributed by atoms with Crippen LogP contribution in [0.4, 0.5) is 0 Å². The van der Waals surface area contributed by atoms with E-state index in [0.717, 1.165) is 48.7 Å². The second kappa shape index (κ2) is 5.42. The van der Waals surface area contributed by atoms with Crippen LogP contribution < -0.4 is 0 Å². The van der Waals surface area contributed by atoms with E-state index in [1.807, 2.05) is 28.8 Å². The van der Waals surface area contributed by atoms with Crippen molar-refractivity contribution >= 4 is 11.2 Å². The molecule has 0 aliphatic carbocycles. The average molecular weight is 295 g/mol. The first-order valence-electron chi connectivity index (χ1n) is 7.51. The molecule has 112 valence electrons. The highest BCUT2D eigenvalue weighted by atomic mass is 16.5. The van der Waals surface area contributed by atoms with Gasteiger partial charge in [-0.05, 0) is 36.6 Å². The Morgan fingerprint density at radius 3 is 3.05 bits per heavy atom. The fraction of sp³-hybridized carbons (Fsp3) is 0.294. The molecule has 1 aliphatic heterocycles. The molecule has 1 N–H and O–H groups in total. The molecule has 1 saturated heterocycles. The smallest absolute Gasteiger partial charge is 0.164 e. The first-order chi connectivity index (χ1) is 10.8. The van der Waals surface area contributed by atoms with Gasteiger partial charge in [-0.25, -0.2) is 9.97 Å². The summed E-state index contributed by atoms with van der Waals surface area (Å²) in [5.41, 5.74) is 2.58. The predicted molar refractivity (Wildman–Crippen MR) is 83.2 cm³/mol. The Kier molecular flexibility index (Phi) is 3.27.